The van der Waals surface area contributed by atoms with E-state index < -0.39 is 0 Å². The lowest BCUT2D eigenvalue weighted by atomic mass is 9.87. The predicted molar refractivity (Wildman–Crippen MR) is 61.2 cm³/mol. The first-order valence-corrected chi connectivity index (χ1v) is 5.00. The maximum absolute atomic E-state index is 11.8. The molecular weight excluding hydrogens is 186 g/mol. The van der Waals surface area contributed by atoms with Crippen molar-refractivity contribution >= 4 is 11.5 Å². The fourth-order valence-electron chi connectivity index (χ4n) is 1.89. The Labute approximate surface area is 89.3 Å². The molecule has 1 aromatic rings. The van der Waals surface area contributed by atoms with Gasteiger partial charge in [0.25, 0.3) is 0 Å². The molecule has 0 spiro atoms. The van der Waals surface area contributed by atoms with Gasteiger partial charge in [-0.2, -0.15) is 0 Å². The van der Waals surface area contributed by atoms with E-state index in [-0.39, 0.29) is 11.7 Å². The standard InChI is InChI=1S/C13H13NO/c1-9-5-3-4-6-11(9)13-10(2)14-8-7-12(13)15/h3-8,13H,1-2H3/t13-/m1/s1. The van der Waals surface area contributed by atoms with E-state index in [0.717, 1.165) is 16.8 Å². The van der Waals surface area contributed by atoms with Crippen molar-refractivity contribution in [3.8, 4) is 0 Å². The summed E-state index contributed by atoms with van der Waals surface area (Å²) in [5, 5.41) is 0. The molecule has 0 aromatic heterocycles. The molecule has 0 N–H and O–H groups in total. The third-order valence-corrected chi connectivity index (χ3v) is 2.72. The molecule has 15 heavy (non-hydrogen) atoms. The molecule has 0 unspecified atom stereocenters. The predicted octanol–water partition coefficient (Wildman–Crippen LogP) is 2.64. The molecular formula is C13H13NO. The number of nitrogens with zero attached hydrogens (tertiary/aromatic N) is 1. The van der Waals surface area contributed by atoms with Crippen molar-refractivity contribution in [2.24, 2.45) is 4.99 Å². The molecule has 76 valence electrons. The molecule has 1 aliphatic heterocycles. The van der Waals surface area contributed by atoms with Gasteiger partial charge in [-0.1, -0.05) is 24.3 Å². The highest BCUT2D eigenvalue weighted by Crippen LogP contribution is 2.24. The number of ketones is 1. The monoisotopic (exact) mass is 199 g/mol. The average Bonchev–Trinajstić information content (AvgIpc) is 2.20. The van der Waals surface area contributed by atoms with E-state index in [2.05, 4.69) is 4.99 Å². The first kappa shape index (κ1) is 9.84. The van der Waals surface area contributed by atoms with Crippen molar-refractivity contribution in [3.05, 3.63) is 47.7 Å². The van der Waals surface area contributed by atoms with Crippen LogP contribution in [0.15, 0.2) is 41.5 Å². The average molecular weight is 199 g/mol. The molecule has 0 saturated heterocycles. The maximum Gasteiger partial charge on any atom is 0.170 e. The van der Waals surface area contributed by atoms with Gasteiger partial charge in [-0.05, 0) is 25.0 Å². The number of hydrogen-bond acceptors (Lipinski definition) is 2. The van der Waals surface area contributed by atoms with Crippen LogP contribution in [0.25, 0.3) is 0 Å². The summed E-state index contributed by atoms with van der Waals surface area (Å²) in [4.78, 5) is 16.0. The smallest absolute Gasteiger partial charge is 0.170 e. The molecule has 0 amide bonds. The number of rotatable bonds is 1. The second-order valence-electron chi connectivity index (χ2n) is 3.78. The number of allylic oxidation sites excluding steroid dienone is 1. The van der Waals surface area contributed by atoms with Gasteiger partial charge in [0.15, 0.2) is 5.78 Å². The lowest BCUT2D eigenvalue weighted by Gasteiger charge is -2.18. The summed E-state index contributed by atoms with van der Waals surface area (Å²) in [5.41, 5.74) is 3.07. The van der Waals surface area contributed by atoms with E-state index in [1.807, 2.05) is 38.1 Å². The topological polar surface area (TPSA) is 29.4 Å². The minimum Gasteiger partial charge on any atom is -0.294 e. The number of benzene rings is 1. The van der Waals surface area contributed by atoms with E-state index in [1.165, 1.54) is 0 Å². The Bertz CT molecular complexity index is 457. The lowest BCUT2D eigenvalue weighted by molar-refractivity contribution is -0.114. The van der Waals surface area contributed by atoms with E-state index in [0.29, 0.717) is 0 Å². The number of hydrogen-bond donors (Lipinski definition) is 0. The van der Waals surface area contributed by atoms with Crippen molar-refractivity contribution < 1.29 is 4.79 Å². The SMILES string of the molecule is CC1=NC=CC(=O)[C@H]1c1ccccc1C. The van der Waals surface area contributed by atoms with Gasteiger partial charge in [0.2, 0.25) is 0 Å². The highest BCUT2D eigenvalue weighted by Gasteiger charge is 2.24. The van der Waals surface area contributed by atoms with Gasteiger partial charge in [-0.25, -0.2) is 0 Å². The minimum atomic E-state index is -0.184. The van der Waals surface area contributed by atoms with E-state index in [1.54, 1.807) is 12.3 Å². The largest absolute Gasteiger partial charge is 0.294 e. The minimum absolute atomic E-state index is 0.122. The van der Waals surface area contributed by atoms with Crippen LogP contribution in [0.5, 0.6) is 0 Å². The first-order chi connectivity index (χ1) is 7.20. The molecule has 1 atom stereocenters. The number of carbonyl (C=O) groups excluding carboxylic acids is 1. The Balaban J connectivity index is 2.48. The molecule has 0 fully saturated rings. The molecule has 1 aliphatic rings. The zero-order chi connectivity index (χ0) is 10.8. The van der Waals surface area contributed by atoms with Gasteiger partial charge in [-0.3, -0.25) is 9.79 Å². The van der Waals surface area contributed by atoms with Crippen molar-refractivity contribution in [3.63, 3.8) is 0 Å². The summed E-state index contributed by atoms with van der Waals surface area (Å²) >= 11 is 0. The van der Waals surface area contributed by atoms with Gasteiger partial charge in [0, 0.05) is 18.0 Å². The quantitative estimate of drug-likeness (QED) is 0.683. The third-order valence-electron chi connectivity index (χ3n) is 2.72. The lowest BCUT2D eigenvalue weighted by Crippen LogP contribution is -2.21. The van der Waals surface area contributed by atoms with Gasteiger partial charge in [0.1, 0.15) is 0 Å². The molecule has 2 nitrogen and oxygen atoms in total. The van der Waals surface area contributed by atoms with Gasteiger partial charge >= 0.3 is 0 Å². The summed E-state index contributed by atoms with van der Waals surface area (Å²) in [6.45, 7) is 3.92. The second-order valence-corrected chi connectivity index (χ2v) is 3.78. The van der Waals surface area contributed by atoms with Gasteiger partial charge in [-0.15, -0.1) is 0 Å². The Kier molecular flexibility index (Phi) is 2.50. The molecule has 0 bridgehead atoms. The van der Waals surface area contributed by atoms with E-state index >= 15 is 0 Å². The van der Waals surface area contributed by atoms with Crippen molar-refractivity contribution in [2.45, 2.75) is 19.8 Å². The first-order valence-electron chi connectivity index (χ1n) is 5.00. The molecule has 0 saturated carbocycles. The molecule has 2 heteroatoms. The third kappa shape index (κ3) is 1.75. The Morgan fingerprint density at radius 1 is 1.20 bits per heavy atom. The van der Waals surface area contributed by atoms with Crippen LogP contribution < -0.4 is 0 Å². The summed E-state index contributed by atoms with van der Waals surface area (Å²) in [6, 6.07) is 7.96. The van der Waals surface area contributed by atoms with Crippen LogP contribution in [0.1, 0.15) is 24.0 Å². The summed E-state index contributed by atoms with van der Waals surface area (Å²) in [7, 11) is 0. The molecule has 0 radical (unpaired) electrons. The summed E-state index contributed by atoms with van der Waals surface area (Å²) in [5.74, 6) is -0.0620. The van der Waals surface area contributed by atoms with Crippen molar-refractivity contribution in [1.29, 1.82) is 0 Å². The van der Waals surface area contributed by atoms with Crippen LogP contribution >= 0.6 is 0 Å². The van der Waals surface area contributed by atoms with Crippen LogP contribution in [0.2, 0.25) is 0 Å². The highest BCUT2D eigenvalue weighted by molar-refractivity contribution is 6.15. The molecule has 2 rings (SSSR count). The van der Waals surface area contributed by atoms with Crippen molar-refractivity contribution in [2.75, 3.05) is 0 Å². The van der Waals surface area contributed by atoms with E-state index in [9.17, 15) is 4.79 Å². The fourth-order valence-corrected chi connectivity index (χ4v) is 1.89. The molecule has 0 aliphatic carbocycles. The highest BCUT2D eigenvalue weighted by atomic mass is 16.1. The summed E-state index contributed by atoms with van der Waals surface area (Å²) < 4.78 is 0. The molecule has 1 heterocycles. The number of aryl methyl sites for hydroxylation is 1. The zero-order valence-corrected chi connectivity index (χ0v) is 8.90. The van der Waals surface area contributed by atoms with E-state index in [4.69, 9.17) is 0 Å². The second kappa shape index (κ2) is 3.81. The van der Waals surface area contributed by atoms with Gasteiger partial charge < -0.3 is 0 Å². The number of carbonyl (C=O) groups is 1. The number of aliphatic imine (C=N–C) groups is 1. The van der Waals surface area contributed by atoms with Crippen LogP contribution in [0.3, 0.4) is 0 Å². The Hall–Kier alpha value is -1.70. The summed E-state index contributed by atoms with van der Waals surface area (Å²) in [6.07, 6.45) is 3.12. The maximum atomic E-state index is 11.8. The van der Waals surface area contributed by atoms with Gasteiger partial charge in [0.05, 0.1) is 5.92 Å². The fraction of sp³-hybridized carbons (Fsp3) is 0.231. The van der Waals surface area contributed by atoms with Crippen LogP contribution in [0, 0.1) is 6.92 Å². The Morgan fingerprint density at radius 2 is 1.93 bits per heavy atom. The van der Waals surface area contributed by atoms with Crippen molar-refractivity contribution in [1.82, 2.24) is 0 Å². The van der Waals surface area contributed by atoms with Crippen LogP contribution in [0.4, 0.5) is 0 Å². The molecule has 1 aromatic carbocycles. The normalized spacial score (nSPS) is 20.3. The Morgan fingerprint density at radius 3 is 2.60 bits per heavy atom. The van der Waals surface area contributed by atoms with Crippen LogP contribution in [-0.4, -0.2) is 11.5 Å². The zero-order valence-electron chi connectivity index (χ0n) is 8.90. The van der Waals surface area contributed by atoms with Crippen LogP contribution in [-0.2, 0) is 4.79 Å².